The van der Waals surface area contributed by atoms with Crippen LogP contribution in [0.3, 0.4) is 0 Å². The van der Waals surface area contributed by atoms with E-state index in [0.29, 0.717) is 36.1 Å². The lowest BCUT2D eigenvalue weighted by Crippen LogP contribution is -2.35. The zero-order valence-electron chi connectivity index (χ0n) is 21.5. The summed E-state index contributed by atoms with van der Waals surface area (Å²) in [6.07, 6.45) is 1.16. The van der Waals surface area contributed by atoms with Crippen molar-refractivity contribution in [1.82, 2.24) is 0 Å². The molecule has 0 amide bonds. The summed E-state index contributed by atoms with van der Waals surface area (Å²) in [5.41, 5.74) is 3.55. The number of esters is 1. The molecule has 1 aromatic heterocycles. The van der Waals surface area contributed by atoms with Gasteiger partial charge in [0.2, 0.25) is 0 Å². The fraction of sp³-hybridized carbons (Fsp3) is 0.281. The van der Waals surface area contributed by atoms with E-state index >= 15 is 0 Å². The van der Waals surface area contributed by atoms with E-state index in [4.69, 9.17) is 30.5 Å². The third kappa shape index (κ3) is 8.01. The van der Waals surface area contributed by atoms with Gasteiger partial charge in [-0.25, -0.2) is 4.79 Å². The van der Waals surface area contributed by atoms with Gasteiger partial charge in [0.1, 0.15) is 6.61 Å². The molecule has 2 heterocycles. The molecule has 1 saturated heterocycles. The van der Waals surface area contributed by atoms with Gasteiger partial charge in [0.25, 0.3) is 0 Å². The second-order valence-corrected chi connectivity index (χ2v) is 11.2. The molecular formula is C32H31ClO5S. The quantitative estimate of drug-likeness (QED) is 0.175. The summed E-state index contributed by atoms with van der Waals surface area (Å²) in [6.45, 7) is 1.65. The highest BCUT2D eigenvalue weighted by Gasteiger charge is 2.33. The zero-order chi connectivity index (χ0) is 26.9. The largest absolute Gasteiger partial charge is 0.457 e. The summed E-state index contributed by atoms with van der Waals surface area (Å²) in [4.78, 5) is 13.4. The second-order valence-electron chi connectivity index (χ2n) is 9.53. The van der Waals surface area contributed by atoms with Crippen molar-refractivity contribution in [2.24, 2.45) is 0 Å². The number of hydrogen-bond acceptors (Lipinski definition) is 6. The van der Waals surface area contributed by atoms with Gasteiger partial charge >= 0.3 is 5.97 Å². The first-order valence-corrected chi connectivity index (χ1v) is 14.3. The predicted molar refractivity (Wildman–Crippen MR) is 153 cm³/mol. The molecule has 3 aromatic carbocycles. The number of rotatable bonds is 11. The molecule has 1 aliphatic rings. The van der Waals surface area contributed by atoms with Crippen LogP contribution in [0.5, 0.6) is 0 Å². The van der Waals surface area contributed by atoms with Crippen molar-refractivity contribution in [3.63, 3.8) is 0 Å². The van der Waals surface area contributed by atoms with Crippen LogP contribution < -0.4 is 0 Å². The molecule has 7 heteroatoms. The molecule has 1 fully saturated rings. The molecular weight excluding hydrogens is 532 g/mol. The Morgan fingerprint density at radius 1 is 0.846 bits per heavy atom. The number of thiophene rings is 1. The molecule has 0 spiro atoms. The third-order valence-corrected chi connectivity index (χ3v) is 8.10. The van der Waals surface area contributed by atoms with Crippen molar-refractivity contribution < 1.29 is 23.7 Å². The molecule has 4 aromatic rings. The lowest BCUT2D eigenvalue weighted by atomic mass is 9.99. The minimum atomic E-state index is -0.377. The first-order valence-electron chi connectivity index (χ1n) is 13.1. The zero-order valence-corrected chi connectivity index (χ0v) is 23.1. The van der Waals surface area contributed by atoms with E-state index in [1.165, 1.54) is 11.3 Å². The van der Waals surface area contributed by atoms with Crippen LogP contribution in [-0.4, -0.2) is 24.8 Å². The number of carbonyl (C=O) groups excluding carboxylic acids is 1. The third-order valence-electron chi connectivity index (χ3n) is 6.57. The monoisotopic (exact) mass is 562 g/mol. The minimum Gasteiger partial charge on any atom is -0.457 e. The molecule has 1 aliphatic heterocycles. The molecule has 0 N–H and O–H groups in total. The van der Waals surface area contributed by atoms with E-state index in [2.05, 4.69) is 24.3 Å². The van der Waals surface area contributed by atoms with Crippen LogP contribution in [0.1, 0.15) is 50.9 Å². The fourth-order valence-electron chi connectivity index (χ4n) is 4.55. The molecule has 0 radical (unpaired) electrons. The van der Waals surface area contributed by atoms with Crippen LogP contribution in [-0.2, 0) is 38.8 Å². The number of benzene rings is 3. The molecule has 0 aliphatic carbocycles. The maximum atomic E-state index is 12.4. The van der Waals surface area contributed by atoms with E-state index in [0.717, 1.165) is 28.0 Å². The van der Waals surface area contributed by atoms with Crippen molar-refractivity contribution in [3.05, 3.63) is 129 Å². The van der Waals surface area contributed by atoms with Crippen molar-refractivity contribution in [2.75, 3.05) is 6.61 Å². The minimum absolute atomic E-state index is 0.00881. The Kier molecular flexibility index (Phi) is 9.81. The van der Waals surface area contributed by atoms with Gasteiger partial charge in [-0.15, -0.1) is 11.3 Å². The molecule has 5 rings (SSSR count). The lowest BCUT2D eigenvalue weighted by molar-refractivity contribution is -0.141. The summed E-state index contributed by atoms with van der Waals surface area (Å²) in [5, 5.41) is 0. The number of carbonyl (C=O) groups is 1. The number of hydrogen-bond donors (Lipinski definition) is 0. The van der Waals surface area contributed by atoms with E-state index in [1.807, 2.05) is 60.7 Å². The highest BCUT2D eigenvalue weighted by atomic mass is 35.5. The van der Waals surface area contributed by atoms with Crippen LogP contribution in [0.25, 0.3) is 0 Å². The van der Waals surface area contributed by atoms with E-state index in [9.17, 15) is 4.79 Å². The van der Waals surface area contributed by atoms with Crippen molar-refractivity contribution in [1.29, 1.82) is 0 Å². The topological polar surface area (TPSA) is 54.0 Å². The SMILES string of the molecule is O=C(OCc1cc(C2CC(OCc3ccccc3)CC(COCc3ccccc3)O2)sc1Cl)c1ccccc1. The summed E-state index contributed by atoms with van der Waals surface area (Å²) in [6, 6.07) is 31.2. The van der Waals surface area contributed by atoms with Gasteiger partial charge in [0.05, 0.1) is 48.0 Å². The van der Waals surface area contributed by atoms with Gasteiger partial charge in [-0.3, -0.25) is 0 Å². The van der Waals surface area contributed by atoms with Crippen LogP contribution in [0.2, 0.25) is 4.34 Å². The molecule has 3 atom stereocenters. The maximum Gasteiger partial charge on any atom is 0.338 e. The van der Waals surface area contributed by atoms with Gasteiger partial charge < -0.3 is 18.9 Å². The Hall–Kier alpha value is -3.00. The van der Waals surface area contributed by atoms with E-state index < -0.39 is 0 Å². The lowest BCUT2D eigenvalue weighted by Gasteiger charge is -2.35. The van der Waals surface area contributed by atoms with Gasteiger partial charge in [0, 0.05) is 23.3 Å². The Morgan fingerprint density at radius 2 is 1.49 bits per heavy atom. The van der Waals surface area contributed by atoms with Crippen LogP contribution in [0, 0.1) is 0 Å². The first kappa shape index (κ1) is 27.6. The normalized spacial score (nSPS) is 19.1. The highest BCUT2D eigenvalue weighted by molar-refractivity contribution is 7.16. The van der Waals surface area contributed by atoms with Gasteiger partial charge in [0.15, 0.2) is 0 Å². The summed E-state index contributed by atoms with van der Waals surface area (Å²) >= 11 is 8.04. The Labute approximate surface area is 238 Å². The van der Waals surface area contributed by atoms with Crippen LogP contribution in [0.15, 0.2) is 97.1 Å². The summed E-state index contributed by atoms with van der Waals surface area (Å²) in [5.74, 6) is -0.377. The summed E-state index contributed by atoms with van der Waals surface area (Å²) in [7, 11) is 0. The number of halogens is 1. The fourth-order valence-corrected chi connectivity index (χ4v) is 5.87. The van der Waals surface area contributed by atoms with Crippen molar-refractivity contribution in [3.8, 4) is 0 Å². The van der Waals surface area contributed by atoms with Gasteiger partial charge in [-0.05, 0) is 29.3 Å². The smallest absolute Gasteiger partial charge is 0.338 e. The highest BCUT2D eigenvalue weighted by Crippen LogP contribution is 2.40. The van der Waals surface area contributed by atoms with Crippen LogP contribution in [0.4, 0.5) is 0 Å². The summed E-state index contributed by atoms with van der Waals surface area (Å²) < 4.78 is 25.0. The Balaban J connectivity index is 1.23. The Morgan fingerprint density at radius 3 is 2.18 bits per heavy atom. The molecule has 202 valence electrons. The molecule has 39 heavy (non-hydrogen) atoms. The van der Waals surface area contributed by atoms with E-state index in [-0.39, 0.29) is 30.9 Å². The van der Waals surface area contributed by atoms with Crippen molar-refractivity contribution >= 4 is 28.9 Å². The maximum absolute atomic E-state index is 12.4. The molecule has 0 saturated carbocycles. The molecule has 3 unspecified atom stereocenters. The molecule has 0 bridgehead atoms. The Bertz CT molecular complexity index is 1310. The number of ether oxygens (including phenoxy) is 4. The predicted octanol–water partition coefficient (Wildman–Crippen LogP) is 7.78. The standard InChI is InChI=1S/C32H31ClO5S/c33-31-26(21-37-32(34)25-14-8-3-9-15-25)16-30(39-31)29-18-27(36-20-24-12-6-2-7-13-24)17-28(38-29)22-35-19-23-10-4-1-5-11-23/h1-16,27-29H,17-22H2. The second kappa shape index (κ2) is 13.9. The van der Waals surface area contributed by atoms with Crippen molar-refractivity contribution in [2.45, 2.75) is 51.0 Å². The average molecular weight is 563 g/mol. The van der Waals surface area contributed by atoms with Gasteiger partial charge in [-0.1, -0.05) is 90.5 Å². The van der Waals surface area contributed by atoms with E-state index in [1.54, 1.807) is 12.1 Å². The van der Waals surface area contributed by atoms with Gasteiger partial charge in [-0.2, -0.15) is 0 Å². The molecule has 5 nitrogen and oxygen atoms in total. The average Bonchev–Trinajstić information content (AvgIpc) is 3.36. The first-order chi connectivity index (χ1) is 19.1. The van der Waals surface area contributed by atoms with Crippen LogP contribution >= 0.6 is 22.9 Å².